The van der Waals surface area contributed by atoms with Crippen LogP contribution in [-0.2, 0) is 5.54 Å². The van der Waals surface area contributed by atoms with Crippen molar-refractivity contribution >= 4 is 0 Å². The number of hydrogen-bond donors (Lipinski definition) is 1. The van der Waals surface area contributed by atoms with Gasteiger partial charge in [0.1, 0.15) is 16.9 Å². The summed E-state index contributed by atoms with van der Waals surface area (Å²) in [5, 5.41) is 7.58. The van der Waals surface area contributed by atoms with Crippen molar-refractivity contribution < 1.29 is 4.52 Å². The fourth-order valence-electron chi connectivity index (χ4n) is 3.38. The van der Waals surface area contributed by atoms with Crippen molar-refractivity contribution in [3.05, 3.63) is 59.9 Å². The van der Waals surface area contributed by atoms with E-state index in [4.69, 9.17) is 4.52 Å². The summed E-state index contributed by atoms with van der Waals surface area (Å²) in [5.41, 5.74) is 2.16. The van der Waals surface area contributed by atoms with Gasteiger partial charge in [-0.2, -0.15) is 4.98 Å². The molecule has 122 valence electrons. The van der Waals surface area contributed by atoms with Gasteiger partial charge in [0.15, 0.2) is 0 Å². The summed E-state index contributed by atoms with van der Waals surface area (Å²) in [5.74, 6) is 7.91. The van der Waals surface area contributed by atoms with Gasteiger partial charge >= 0.3 is 0 Å². The fourth-order valence-corrected chi connectivity index (χ4v) is 3.38. The molecule has 2 atom stereocenters. The van der Waals surface area contributed by atoms with E-state index in [1.54, 1.807) is 12.4 Å². The first-order chi connectivity index (χ1) is 12.3. The molecule has 2 fully saturated rings. The molecule has 3 aromatic heterocycles. The largest absolute Gasteiger partial charge is 0.337 e. The summed E-state index contributed by atoms with van der Waals surface area (Å²) in [7, 11) is 0. The van der Waals surface area contributed by atoms with E-state index in [0.717, 1.165) is 24.2 Å². The number of rotatable bonds is 2. The van der Waals surface area contributed by atoms with Crippen molar-refractivity contribution in [3.8, 4) is 23.4 Å². The maximum absolute atomic E-state index is 5.48. The van der Waals surface area contributed by atoms with Crippen LogP contribution in [-0.4, -0.2) is 26.7 Å². The smallest absolute Gasteiger partial charge is 0.247 e. The van der Waals surface area contributed by atoms with E-state index >= 15 is 0 Å². The molecular formula is C19H15N5O. The summed E-state index contributed by atoms with van der Waals surface area (Å²) in [6.07, 6.45) is 5.71. The molecule has 6 nitrogen and oxygen atoms in total. The number of nitrogens with zero attached hydrogens (tertiary/aromatic N) is 4. The minimum absolute atomic E-state index is 0.0701. The van der Waals surface area contributed by atoms with E-state index in [0.29, 0.717) is 23.3 Å². The number of hydrogen-bond acceptors (Lipinski definition) is 6. The van der Waals surface area contributed by atoms with E-state index in [9.17, 15) is 0 Å². The average molecular weight is 329 g/mol. The van der Waals surface area contributed by atoms with Crippen molar-refractivity contribution in [2.24, 2.45) is 5.92 Å². The summed E-state index contributed by atoms with van der Waals surface area (Å²) in [6, 6.07) is 9.42. The van der Waals surface area contributed by atoms with Gasteiger partial charge < -0.3 is 9.84 Å². The van der Waals surface area contributed by atoms with Gasteiger partial charge in [0, 0.05) is 18.0 Å². The molecule has 1 aliphatic carbocycles. The first-order valence-electron chi connectivity index (χ1n) is 8.32. The third kappa shape index (κ3) is 2.49. The molecule has 0 aromatic carbocycles. The topological polar surface area (TPSA) is 76.7 Å². The van der Waals surface area contributed by atoms with Crippen molar-refractivity contribution in [1.82, 2.24) is 25.4 Å². The molecule has 0 spiro atoms. The lowest BCUT2D eigenvalue weighted by atomic mass is 10.2. The molecule has 1 aliphatic heterocycles. The number of fused-ring (bicyclic) bond motifs is 1. The van der Waals surface area contributed by atoms with E-state index in [2.05, 4.69) is 37.3 Å². The highest BCUT2D eigenvalue weighted by molar-refractivity contribution is 5.51. The van der Waals surface area contributed by atoms with Crippen LogP contribution < -0.4 is 5.32 Å². The van der Waals surface area contributed by atoms with Gasteiger partial charge in [-0.15, -0.1) is 0 Å². The monoisotopic (exact) mass is 329 g/mol. The highest BCUT2D eigenvalue weighted by Crippen LogP contribution is 2.56. The van der Waals surface area contributed by atoms with Crippen LogP contribution >= 0.6 is 0 Å². The SMILES string of the molecule is C(#Cc1ccccn1)c1ccc(-c2noc([C@]34C[C@H]3CCN4)n2)nc1. The quantitative estimate of drug-likeness (QED) is 0.726. The fraction of sp³-hybridized carbons (Fsp3) is 0.263. The number of aromatic nitrogens is 4. The lowest BCUT2D eigenvalue weighted by Gasteiger charge is -2.05. The Morgan fingerprint density at radius 1 is 1.16 bits per heavy atom. The normalized spacial score (nSPS) is 23.6. The van der Waals surface area contributed by atoms with Crippen molar-refractivity contribution in [3.63, 3.8) is 0 Å². The van der Waals surface area contributed by atoms with E-state index < -0.39 is 0 Å². The van der Waals surface area contributed by atoms with Gasteiger partial charge in [-0.3, -0.25) is 4.98 Å². The van der Waals surface area contributed by atoms with Gasteiger partial charge in [0.2, 0.25) is 11.7 Å². The summed E-state index contributed by atoms with van der Waals surface area (Å²) in [4.78, 5) is 13.1. The second-order valence-electron chi connectivity index (χ2n) is 6.41. The van der Waals surface area contributed by atoms with Crippen LogP contribution in [0, 0.1) is 17.8 Å². The van der Waals surface area contributed by atoms with Gasteiger partial charge in [0.05, 0.1) is 0 Å². The Kier molecular flexibility index (Phi) is 3.15. The lowest BCUT2D eigenvalue weighted by molar-refractivity contribution is 0.327. The Bertz CT molecular complexity index is 970. The molecule has 3 aromatic rings. The van der Waals surface area contributed by atoms with Crippen LogP contribution in [0.5, 0.6) is 0 Å². The van der Waals surface area contributed by atoms with E-state index in [1.165, 1.54) is 6.42 Å². The Labute approximate surface area is 144 Å². The average Bonchev–Trinajstić information content (AvgIpc) is 3.03. The number of nitrogens with one attached hydrogen (secondary N) is 1. The molecule has 4 heterocycles. The van der Waals surface area contributed by atoms with Crippen LogP contribution in [0.2, 0.25) is 0 Å². The van der Waals surface area contributed by atoms with Crippen LogP contribution in [0.1, 0.15) is 30.0 Å². The first kappa shape index (κ1) is 14.3. The Hall–Kier alpha value is -3.04. The minimum Gasteiger partial charge on any atom is -0.337 e. The van der Waals surface area contributed by atoms with Crippen LogP contribution in [0.25, 0.3) is 11.5 Å². The maximum atomic E-state index is 5.48. The third-order valence-corrected chi connectivity index (χ3v) is 4.84. The van der Waals surface area contributed by atoms with Crippen LogP contribution in [0.3, 0.4) is 0 Å². The van der Waals surface area contributed by atoms with E-state index in [1.807, 2.05) is 30.3 Å². The molecule has 6 heteroatoms. The second-order valence-corrected chi connectivity index (χ2v) is 6.41. The molecule has 0 amide bonds. The van der Waals surface area contributed by atoms with Crippen molar-refractivity contribution in [1.29, 1.82) is 0 Å². The van der Waals surface area contributed by atoms with Crippen molar-refractivity contribution in [2.45, 2.75) is 18.4 Å². The zero-order chi connectivity index (χ0) is 16.7. The predicted molar refractivity (Wildman–Crippen MR) is 90.2 cm³/mol. The summed E-state index contributed by atoms with van der Waals surface area (Å²) in [6.45, 7) is 1.02. The molecule has 0 bridgehead atoms. The third-order valence-electron chi connectivity index (χ3n) is 4.84. The zero-order valence-electron chi connectivity index (χ0n) is 13.4. The highest BCUT2D eigenvalue weighted by Gasteiger charge is 2.62. The number of pyridine rings is 2. The van der Waals surface area contributed by atoms with Gasteiger partial charge in [-0.25, -0.2) is 4.98 Å². The Morgan fingerprint density at radius 2 is 2.16 bits per heavy atom. The summed E-state index contributed by atoms with van der Waals surface area (Å²) >= 11 is 0. The van der Waals surface area contributed by atoms with Crippen LogP contribution in [0.15, 0.2) is 47.2 Å². The molecule has 2 aliphatic rings. The molecule has 25 heavy (non-hydrogen) atoms. The van der Waals surface area contributed by atoms with E-state index in [-0.39, 0.29) is 5.54 Å². The summed E-state index contributed by atoms with van der Waals surface area (Å²) < 4.78 is 5.48. The molecular weight excluding hydrogens is 314 g/mol. The molecule has 1 saturated carbocycles. The molecule has 1 saturated heterocycles. The molecule has 1 N–H and O–H groups in total. The lowest BCUT2D eigenvalue weighted by Crippen LogP contribution is -2.25. The standard InChI is InChI=1S/C19H15N5O/c1-2-9-20-15(3-1)6-4-13-5-7-16(21-12-13)17-23-18(25-24-17)19-11-14(19)8-10-22-19/h1-3,5,7,9,12,14,22H,8,10-11H2/t14-,19+/m1/s1. The second kappa shape index (κ2) is 5.50. The minimum atomic E-state index is -0.0701. The van der Waals surface area contributed by atoms with Crippen molar-refractivity contribution in [2.75, 3.05) is 6.54 Å². The Balaban J connectivity index is 1.36. The molecule has 0 radical (unpaired) electrons. The Morgan fingerprint density at radius 3 is 2.88 bits per heavy atom. The highest BCUT2D eigenvalue weighted by atomic mass is 16.5. The number of piperidine rings is 1. The first-order valence-corrected chi connectivity index (χ1v) is 8.32. The predicted octanol–water partition coefficient (Wildman–Crippen LogP) is 2.13. The van der Waals surface area contributed by atoms with Crippen LogP contribution in [0.4, 0.5) is 0 Å². The molecule has 0 unspecified atom stereocenters. The van der Waals surface area contributed by atoms with Gasteiger partial charge in [0.25, 0.3) is 0 Å². The maximum Gasteiger partial charge on any atom is 0.247 e. The van der Waals surface area contributed by atoms with Gasteiger partial charge in [-0.1, -0.05) is 17.1 Å². The van der Waals surface area contributed by atoms with Gasteiger partial charge in [-0.05, 0) is 55.5 Å². The zero-order valence-corrected chi connectivity index (χ0v) is 13.4. The molecule has 5 rings (SSSR count).